The molecule has 2 N–H and O–H groups in total. The highest BCUT2D eigenvalue weighted by atomic mass is 16.2. The van der Waals surface area contributed by atoms with Crippen molar-refractivity contribution in [1.29, 1.82) is 0 Å². The summed E-state index contributed by atoms with van der Waals surface area (Å²) in [7, 11) is 4.01. The number of amides is 1. The van der Waals surface area contributed by atoms with Crippen LogP contribution in [-0.2, 0) is 0 Å². The molecule has 1 amide bonds. The molecular formula is C15H27N5O. The van der Waals surface area contributed by atoms with Gasteiger partial charge < -0.3 is 15.5 Å². The Hall–Kier alpha value is -1.69. The summed E-state index contributed by atoms with van der Waals surface area (Å²) < 4.78 is 0. The van der Waals surface area contributed by atoms with Gasteiger partial charge in [0.2, 0.25) is 0 Å². The van der Waals surface area contributed by atoms with Crippen molar-refractivity contribution in [2.24, 2.45) is 5.92 Å². The van der Waals surface area contributed by atoms with E-state index in [0.717, 1.165) is 19.5 Å². The first-order chi connectivity index (χ1) is 9.92. The van der Waals surface area contributed by atoms with Crippen LogP contribution in [0, 0.1) is 5.92 Å². The first-order valence-corrected chi connectivity index (χ1v) is 7.43. The summed E-state index contributed by atoms with van der Waals surface area (Å²) >= 11 is 0. The number of carbonyl (C=O) groups excluding carboxylic acids is 1. The Morgan fingerprint density at radius 1 is 1.33 bits per heavy atom. The van der Waals surface area contributed by atoms with Gasteiger partial charge in [0.05, 0.1) is 12.4 Å². The maximum Gasteiger partial charge on any atom is 0.271 e. The summed E-state index contributed by atoms with van der Waals surface area (Å²) in [6.07, 6.45) is 4.05. The zero-order valence-electron chi connectivity index (χ0n) is 13.7. The number of nitrogens with zero attached hydrogens (tertiary/aromatic N) is 3. The van der Waals surface area contributed by atoms with E-state index in [1.165, 1.54) is 6.20 Å². The Morgan fingerprint density at radius 3 is 2.62 bits per heavy atom. The van der Waals surface area contributed by atoms with Gasteiger partial charge in [-0.05, 0) is 33.4 Å². The number of carbonyl (C=O) groups is 1. The second kappa shape index (κ2) is 8.56. The number of hydrogen-bond donors (Lipinski definition) is 2. The van der Waals surface area contributed by atoms with E-state index in [1.54, 1.807) is 6.20 Å². The van der Waals surface area contributed by atoms with Crippen LogP contribution in [0.15, 0.2) is 12.4 Å². The smallest absolute Gasteiger partial charge is 0.271 e. The number of likely N-dealkylation sites (N-methyl/N-ethyl adjacent to an activating group) is 1. The van der Waals surface area contributed by atoms with Crippen molar-refractivity contribution in [2.75, 3.05) is 32.5 Å². The van der Waals surface area contributed by atoms with Crippen LogP contribution in [0.3, 0.4) is 0 Å². The van der Waals surface area contributed by atoms with E-state index in [9.17, 15) is 4.79 Å². The molecule has 0 aliphatic rings. The highest BCUT2D eigenvalue weighted by Gasteiger charge is 2.17. The second-order valence-electron chi connectivity index (χ2n) is 5.88. The largest absolute Gasteiger partial charge is 0.369 e. The Labute approximate surface area is 127 Å². The Kier molecular flexibility index (Phi) is 7.08. The van der Waals surface area contributed by atoms with Crippen molar-refractivity contribution in [1.82, 2.24) is 20.2 Å². The van der Waals surface area contributed by atoms with Crippen molar-refractivity contribution < 1.29 is 4.79 Å². The lowest BCUT2D eigenvalue weighted by molar-refractivity contribution is 0.0919. The molecule has 118 valence electrons. The van der Waals surface area contributed by atoms with E-state index < -0.39 is 0 Å². The molecule has 6 heteroatoms. The van der Waals surface area contributed by atoms with Crippen LogP contribution < -0.4 is 10.6 Å². The summed E-state index contributed by atoms with van der Waals surface area (Å²) in [4.78, 5) is 22.7. The Morgan fingerprint density at radius 2 is 2.05 bits per heavy atom. The lowest BCUT2D eigenvalue weighted by Gasteiger charge is -2.23. The van der Waals surface area contributed by atoms with Gasteiger partial charge in [-0.3, -0.25) is 9.78 Å². The summed E-state index contributed by atoms with van der Waals surface area (Å²) in [5.41, 5.74) is 0.348. The molecule has 1 atom stereocenters. The SMILES string of the molecule is CCNc1cncc(C(=O)NC(CC(C)C)CN(C)C)n1. The molecule has 21 heavy (non-hydrogen) atoms. The fourth-order valence-electron chi connectivity index (χ4n) is 2.19. The van der Waals surface area contributed by atoms with Crippen LogP contribution in [0.5, 0.6) is 0 Å². The van der Waals surface area contributed by atoms with Crippen LogP contribution >= 0.6 is 0 Å². The van der Waals surface area contributed by atoms with E-state index in [4.69, 9.17) is 0 Å². The average molecular weight is 293 g/mol. The first kappa shape index (κ1) is 17.4. The van der Waals surface area contributed by atoms with Gasteiger partial charge >= 0.3 is 0 Å². The van der Waals surface area contributed by atoms with Gasteiger partial charge in [-0.1, -0.05) is 13.8 Å². The van der Waals surface area contributed by atoms with Crippen molar-refractivity contribution in [3.8, 4) is 0 Å². The van der Waals surface area contributed by atoms with Crippen LogP contribution in [-0.4, -0.2) is 54.0 Å². The minimum absolute atomic E-state index is 0.108. The van der Waals surface area contributed by atoms with Gasteiger partial charge in [0.25, 0.3) is 5.91 Å². The molecule has 1 heterocycles. The predicted molar refractivity (Wildman–Crippen MR) is 85.5 cm³/mol. The van der Waals surface area contributed by atoms with Crippen LogP contribution in [0.25, 0.3) is 0 Å². The fraction of sp³-hybridized carbons (Fsp3) is 0.667. The van der Waals surface area contributed by atoms with Crippen LogP contribution in [0.4, 0.5) is 5.82 Å². The molecule has 0 spiro atoms. The third-order valence-corrected chi connectivity index (χ3v) is 2.90. The quantitative estimate of drug-likeness (QED) is 0.762. The molecule has 0 aromatic carbocycles. The maximum absolute atomic E-state index is 12.3. The van der Waals surface area contributed by atoms with Crippen LogP contribution in [0.1, 0.15) is 37.7 Å². The third kappa shape index (κ3) is 6.53. The first-order valence-electron chi connectivity index (χ1n) is 7.43. The van der Waals surface area contributed by atoms with Gasteiger partial charge in [0.1, 0.15) is 11.5 Å². The number of hydrogen-bond acceptors (Lipinski definition) is 5. The lowest BCUT2D eigenvalue weighted by Crippen LogP contribution is -2.42. The number of aromatic nitrogens is 2. The van der Waals surface area contributed by atoms with Crippen molar-refractivity contribution in [2.45, 2.75) is 33.2 Å². The molecule has 0 saturated heterocycles. The zero-order valence-corrected chi connectivity index (χ0v) is 13.7. The highest BCUT2D eigenvalue weighted by molar-refractivity contribution is 5.92. The molecule has 0 radical (unpaired) electrons. The molecular weight excluding hydrogens is 266 g/mol. The molecule has 1 aromatic rings. The van der Waals surface area contributed by atoms with E-state index in [2.05, 4.69) is 39.3 Å². The van der Waals surface area contributed by atoms with Gasteiger partial charge in [0, 0.05) is 19.1 Å². The Bertz CT molecular complexity index is 437. The third-order valence-electron chi connectivity index (χ3n) is 2.90. The summed E-state index contributed by atoms with van der Waals surface area (Å²) in [5, 5.41) is 6.11. The lowest BCUT2D eigenvalue weighted by atomic mass is 10.0. The topological polar surface area (TPSA) is 70.2 Å². The molecule has 0 saturated carbocycles. The maximum atomic E-state index is 12.3. The average Bonchev–Trinajstić information content (AvgIpc) is 2.37. The molecule has 6 nitrogen and oxygen atoms in total. The monoisotopic (exact) mass is 293 g/mol. The minimum atomic E-state index is -0.172. The Balaban J connectivity index is 2.73. The molecule has 1 aromatic heterocycles. The fourth-order valence-corrected chi connectivity index (χ4v) is 2.19. The van der Waals surface area contributed by atoms with E-state index >= 15 is 0 Å². The second-order valence-corrected chi connectivity index (χ2v) is 5.88. The molecule has 1 unspecified atom stereocenters. The summed E-state index contributed by atoms with van der Waals surface area (Å²) in [6.45, 7) is 7.84. The van der Waals surface area contributed by atoms with E-state index in [1.807, 2.05) is 21.0 Å². The van der Waals surface area contributed by atoms with Crippen molar-refractivity contribution in [3.63, 3.8) is 0 Å². The van der Waals surface area contributed by atoms with E-state index in [0.29, 0.717) is 17.4 Å². The normalized spacial score (nSPS) is 12.5. The molecule has 0 aliphatic heterocycles. The number of anilines is 1. The molecule has 0 bridgehead atoms. The van der Waals surface area contributed by atoms with Gasteiger partial charge in [-0.15, -0.1) is 0 Å². The summed E-state index contributed by atoms with van der Waals surface area (Å²) in [6, 6.07) is 0.108. The zero-order chi connectivity index (χ0) is 15.8. The predicted octanol–water partition coefficient (Wildman–Crippen LogP) is 1.61. The molecule has 1 rings (SSSR count). The standard InChI is InChI=1S/C15H27N5O/c1-6-17-14-9-16-8-13(19-14)15(21)18-12(7-11(2)3)10-20(4)5/h8-9,11-12H,6-7,10H2,1-5H3,(H,17,19)(H,18,21). The van der Waals surface area contributed by atoms with Crippen molar-refractivity contribution >= 4 is 11.7 Å². The molecule has 0 aliphatic carbocycles. The number of rotatable bonds is 8. The minimum Gasteiger partial charge on any atom is -0.369 e. The highest BCUT2D eigenvalue weighted by Crippen LogP contribution is 2.07. The molecule has 0 fully saturated rings. The van der Waals surface area contributed by atoms with E-state index in [-0.39, 0.29) is 11.9 Å². The van der Waals surface area contributed by atoms with Gasteiger partial charge in [-0.25, -0.2) is 4.98 Å². The summed E-state index contributed by atoms with van der Waals surface area (Å²) in [5.74, 6) is 0.974. The van der Waals surface area contributed by atoms with Gasteiger partial charge in [-0.2, -0.15) is 0 Å². The van der Waals surface area contributed by atoms with Gasteiger partial charge in [0.15, 0.2) is 0 Å². The number of nitrogens with one attached hydrogen (secondary N) is 2. The van der Waals surface area contributed by atoms with Crippen LogP contribution in [0.2, 0.25) is 0 Å². The van der Waals surface area contributed by atoms with Crippen molar-refractivity contribution in [3.05, 3.63) is 18.1 Å².